The molecule has 0 saturated carbocycles. The standard InChI is InChI=1S/C19H21NO3/c1-14-6-5-9-16-17(21)10-12-20(19(14)16)18(22)11-13-23-15-7-3-2-4-8-15/h2-9,17,21H,10-13H2,1H3. The molecule has 1 N–H and O–H groups in total. The molecule has 4 nitrogen and oxygen atoms in total. The summed E-state index contributed by atoms with van der Waals surface area (Å²) in [5.41, 5.74) is 2.71. The first-order valence-corrected chi connectivity index (χ1v) is 7.92. The molecule has 0 saturated heterocycles. The minimum atomic E-state index is -0.491. The van der Waals surface area contributed by atoms with Crippen LogP contribution in [0.15, 0.2) is 48.5 Å². The number of rotatable bonds is 4. The van der Waals surface area contributed by atoms with E-state index < -0.39 is 6.10 Å². The SMILES string of the molecule is Cc1cccc2c1N(C(=O)CCOc1ccccc1)CCC2O. The van der Waals surface area contributed by atoms with Crippen LogP contribution in [0.1, 0.15) is 30.1 Å². The third-order valence-corrected chi connectivity index (χ3v) is 4.15. The molecule has 23 heavy (non-hydrogen) atoms. The van der Waals surface area contributed by atoms with Crippen molar-refractivity contribution >= 4 is 11.6 Å². The second-order valence-corrected chi connectivity index (χ2v) is 5.77. The molecule has 0 bridgehead atoms. The maximum atomic E-state index is 12.6. The van der Waals surface area contributed by atoms with Crippen LogP contribution in [0.2, 0.25) is 0 Å². The van der Waals surface area contributed by atoms with Crippen molar-refractivity contribution in [2.24, 2.45) is 0 Å². The van der Waals surface area contributed by atoms with Crippen molar-refractivity contribution in [3.63, 3.8) is 0 Å². The highest BCUT2D eigenvalue weighted by atomic mass is 16.5. The van der Waals surface area contributed by atoms with Gasteiger partial charge in [-0.15, -0.1) is 0 Å². The quantitative estimate of drug-likeness (QED) is 0.943. The number of carbonyl (C=O) groups excluding carboxylic acids is 1. The molecule has 3 rings (SSSR count). The second-order valence-electron chi connectivity index (χ2n) is 5.77. The van der Waals surface area contributed by atoms with Crippen LogP contribution < -0.4 is 9.64 Å². The number of anilines is 1. The van der Waals surface area contributed by atoms with E-state index in [1.54, 1.807) is 4.90 Å². The van der Waals surface area contributed by atoms with Crippen LogP contribution in [-0.4, -0.2) is 24.2 Å². The van der Waals surface area contributed by atoms with Crippen molar-refractivity contribution in [2.45, 2.75) is 25.9 Å². The lowest BCUT2D eigenvalue weighted by molar-refractivity contribution is -0.119. The van der Waals surface area contributed by atoms with E-state index in [-0.39, 0.29) is 5.91 Å². The normalized spacial score (nSPS) is 16.8. The van der Waals surface area contributed by atoms with Gasteiger partial charge in [-0.3, -0.25) is 4.79 Å². The van der Waals surface area contributed by atoms with Gasteiger partial charge in [-0.25, -0.2) is 0 Å². The second kappa shape index (κ2) is 6.84. The van der Waals surface area contributed by atoms with Gasteiger partial charge in [0.2, 0.25) is 5.91 Å². The van der Waals surface area contributed by atoms with Crippen LogP contribution in [0.4, 0.5) is 5.69 Å². The minimum absolute atomic E-state index is 0.0309. The summed E-state index contributed by atoms with van der Waals surface area (Å²) in [7, 11) is 0. The van der Waals surface area contributed by atoms with Gasteiger partial charge >= 0.3 is 0 Å². The van der Waals surface area contributed by atoms with Crippen molar-refractivity contribution in [1.29, 1.82) is 0 Å². The van der Waals surface area contributed by atoms with E-state index >= 15 is 0 Å². The van der Waals surface area contributed by atoms with Crippen molar-refractivity contribution in [3.05, 3.63) is 59.7 Å². The molecule has 0 aliphatic carbocycles. The van der Waals surface area contributed by atoms with E-state index in [0.29, 0.717) is 26.0 Å². The van der Waals surface area contributed by atoms with Gasteiger partial charge < -0.3 is 14.7 Å². The highest BCUT2D eigenvalue weighted by Crippen LogP contribution is 2.36. The monoisotopic (exact) mass is 311 g/mol. The summed E-state index contributed by atoms with van der Waals surface area (Å²) in [4.78, 5) is 14.4. The van der Waals surface area contributed by atoms with Crippen LogP contribution in [0.3, 0.4) is 0 Å². The average Bonchev–Trinajstić information content (AvgIpc) is 2.57. The average molecular weight is 311 g/mol. The fraction of sp³-hybridized carbons (Fsp3) is 0.316. The summed E-state index contributed by atoms with van der Waals surface area (Å²) in [5, 5.41) is 10.1. The van der Waals surface area contributed by atoms with E-state index in [2.05, 4.69) is 0 Å². The summed E-state index contributed by atoms with van der Waals surface area (Å²) in [5.74, 6) is 0.800. The Balaban J connectivity index is 1.68. The molecule has 0 fully saturated rings. The molecule has 0 radical (unpaired) electrons. The number of carbonyl (C=O) groups is 1. The molecule has 4 heteroatoms. The van der Waals surface area contributed by atoms with E-state index in [0.717, 1.165) is 22.6 Å². The Morgan fingerprint density at radius 3 is 2.78 bits per heavy atom. The third kappa shape index (κ3) is 3.37. The number of nitrogens with zero attached hydrogens (tertiary/aromatic N) is 1. The molecule has 120 valence electrons. The lowest BCUT2D eigenvalue weighted by Gasteiger charge is -2.33. The minimum Gasteiger partial charge on any atom is -0.493 e. The molecule has 1 aliphatic rings. The molecule has 1 heterocycles. The Morgan fingerprint density at radius 1 is 1.22 bits per heavy atom. The maximum absolute atomic E-state index is 12.6. The number of amides is 1. The van der Waals surface area contributed by atoms with Gasteiger partial charge in [-0.05, 0) is 31.0 Å². The summed E-state index contributed by atoms with van der Waals surface area (Å²) in [6.07, 6.45) is 0.398. The molecule has 2 aromatic carbocycles. The van der Waals surface area contributed by atoms with Crippen molar-refractivity contribution in [1.82, 2.24) is 0 Å². The van der Waals surface area contributed by atoms with Crippen LogP contribution in [-0.2, 0) is 4.79 Å². The fourth-order valence-electron chi connectivity index (χ4n) is 3.00. The number of ether oxygens (including phenoxy) is 1. The topological polar surface area (TPSA) is 49.8 Å². The Labute approximate surface area is 136 Å². The first kappa shape index (κ1) is 15.6. The number of benzene rings is 2. The Morgan fingerprint density at radius 2 is 2.00 bits per heavy atom. The molecular formula is C19H21NO3. The third-order valence-electron chi connectivity index (χ3n) is 4.15. The van der Waals surface area contributed by atoms with E-state index in [4.69, 9.17) is 4.74 Å². The fourth-order valence-corrected chi connectivity index (χ4v) is 3.00. The summed E-state index contributed by atoms with van der Waals surface area (Å²) >= 11 is 0. The molecule has 1 amide bonds. The maximum Gasteiger partial charge on any atom is 0.230 e. The Kier molecular flexibility index (Phi) is 4.63. The van der Waals surface area contributed by atoms with Crippen molar-refractivity contribution < 1.29 is 14.6 Å². The van der Waals surface area contributed by atoms with Crippen LogP contribution in [0, 0.1) is 6.92 Å². The predicted octanol–water partition coefficient (Wildman–Crippen LogP) is 3.23. The van der Waals surface area contributed by atoms with Gasteiger partial charge in [0.1, 0.15) is 5.75 Å². The largest absolute Gasteiger partial charge is 0.493 e. The van der Waals surface area contributed by atoms with Crippen molar-refractivity contribution in [3.8, 4) is 5.75 Å². The molecule has 1 aliphatic heterocycles. The summed E-state index contributed by atoms with van der Waals surface area (Å²) < 4.78 is 5.61. The van der Waals surface area contributed by atoms with Gasteiger partial charge in [0.05, 0.1) is 24.8 Å². The van der Waals surface area contributed by atoms with Gasteiger partial charge in [0, 0.05) is 12.1 Å². The first-order chi connectivity index (χ1) is 11.2. The highest BCUT2D eigenvalue weighted by Gasteiger charge is 2.28. The molecule has 0 aromatic heterocycles. The molecule has 2 aromatic rings. The number of fused-ring (bicyclic) bond motifs is 1. The summed E-state index contributed by atoms with van der Waals surface area (Å²) in [6.45, 7) is 2.87. The van der Waals surface area contributed by atoms with Crippen molar-refractivity contribution in [2.75, 3.05) is 18.1 Å². The lowest BCUT2D eigenvalue weighted by Crippen LogP contribution is -2.38. The van der Waals surface area contributed by atoms with E-state index in [9.17, 15) is 9.90 Å². The lowest BCUT2D eigenvalue weighted by atomic mass is 9.95. The van der Waals surface area contributed by atoms with Crippen LogP contribution in [0.5, 0.6) is 5.75 Å². The number of aliphatic hydroxyl groups excluding tert-OH is 1. The zero-order valence-corrected chi connectivity index (χ0v) is 13.2. The number of para-hydroxylation sites is 2. The van der Waals surface area contributed by atoms with E-state index in [1.807, 2.05) is 55.5 Å². The van der Waals surface area contributed by atoms with Crippen LogP contribution in [0.25, 0.3) is 0 Å². The van der Waals surface area contributed by atoms with Gasteiger partial charge in [-0.1, -0.05) is 36.4 Å². The summed E-state index contributed by atoms with van der Waals surface area (Å²) in [6, 6.07) is 15.3. The van der Waals surface area contributed by atoms with E-state index in [1.165, 1.54) is 0 Å². The number of hydrogen-bond acceptors (Lipinski definition) is 3. The van der Waals surface area contributed by atoms with Gasteiger partial charge in [-0.2, -0.15) is 0 Å². The molecule has 1 unspecified atom stereocenters. The first-order valence-electron chi connectivity index (χ1n) is 7.92. The highest BCUT2D eigenvalue weighted by molar-refractivity contribution is 5.95. The Bertz CT molecular complexity index is 684. The molecular weight excluding hydrogens is 290 g/mol. The zero-order valence-electron chi connectivity index (χ0n) is 13.2. The van der Waals surface area contributed by atoms with Gasteiger partial charge in [0.25, 0.3) is 0 Å². The van der Waals surface area contributed by atoms with Gasteiger partial charge in [0.15, 0.2) is 0 Å². The predicted molar refractivity (Wildman–Crippen MR) is 89.7 cm³/mol. The number of hydrogen-bond donors (Lipinski definition) is 1. The smallest absolute Gasteiger partial charge is 0.230 e. The van der Waals surface area contributed by atoms with Crippen LogP contribution >= 0.6 is 0 Å². The Hall–Kier alpha value is -2.33. The number of aryl methyl sites for hydroxylation is 1. The molecule has 1 atom stereocenters. The molecule has 0 spiro atoms. The number of aliphatic hydroxyl groups is 1. The zero-order chi connectivity index (χ0) is 16.2.